The second-order valence-electron chi connectivity index (χ2n) is 8.92. The van der Waals surface area contributed by atoms with Crippen LogP contribution in [0.2, 0.25) is 5.02 Å². The molecule has 0 radical (unpaired) electrons. The van der Waals surface area contributed by atoms with Gasteiger partial charge in [-0.2, -0.15) is 0 Å². The molecule has 0 aliphatic carbocycles. The number of ether oxygens (including phenoxy) is 1. The number of piperidine rings is 1. The van der Waals surface area contributed by atoms with Crippen molar-refractivity contribution in [1.29, 1.82) is 0 Å². The van der Waals surface area contributed by atoms with E-state index in [1.165, 1.54) is 0 Å². The number of rotatable bonds is 7. The Labute approximate surface area is 199 Å². The Bertz CT molecular complexity index is 1010. The van der Waals surface area contributed by atoms with E-state index in [4.69, 9.17) is 16.3 Å². The molecule has 2 aromatic rings. The van der Waals surface area contributed by atoms with E-state index in [9.17, 15) is 14.4 Å². The highest BCUT2D eigenvalue weighted by Crippen LogP contribution is 2.25. The fraction of sp³-hybridized carbons (Fsp3) is 0.480. The average molecular weight is 474 g/mol. The number of H-pyrrole nitrogens is 1. The SMILES string of the molecule is Cc1[nH]c(C(=O)N2CCC(CC(=O)NCc3ccc(Cl)cc3)CC2)c(C)c1C(=O)OC(C)C. The molecule has 1 aliphatic rings. The summed E-state index contributed by atoms with van der Waals surface area (Å²) in [6, 6.07) is 7.40. The predicted molar refractivity (Wildman–Crippen MR) is 127 cm³/mol. The zero-order valence-electron chi connectivity index (χ0n) is 19.7. The van der Waals surface area contributed by atoms with Crippen LogP contribution in [0.15, 0.2) is 24.3 Å². The Morgan fingerprint density at radius 3 is 2.39 bits per heavy atom. The highest BCUT2D eigenvalue weighted by molar-refractivity contribution is 6.30. The summed E-state index contributed by atoms with van der Waals surface area (Å²) in [4.78, 5) is 42.7. The van der Waals surface area contributed by atoms with Crippen LogP contribution < -0.4 is 5.32 Å². The third-order valence-corrected chi connectivity index (χ3v) is 6.23. The van der Waals surface area contributed by atoms with Crippen LogP contribution in [0.25, 0.3) is 0 Å². The predicted octanol–water partition coefficient (Wildman–Crippen LogP) is 4.41. The van der Waals surface area contributed by atoms with Crippen molar-refractivity contribution in [2.45, 2.75) is 59.6 Å². The van der Waals surface area contributed by atoms with Crippen molar-refractivity contribution >= 4 is 29.4 Å². The number of likely N-dealkylation sites (tertiary alicyclic amines) is 1. The third-order valence-electron chi connectivity index (χ3n) is 5.98. The Morgan fingerprint density at radius 1 is 1.15 bits per heavy atom. The number of carbonyl (C=O) groups is 3. The third kappa shape index (κ3) is 6.38. The minimum Gasteiger partial charge on any atom is -0.459 e. The summed E-state index contributed by atoms with van der Waals surface area (Å²) >= 11 is 5.89. The van der Waals surface area contributed by atoms with Crippen LogP contribution in [0.4, 0.5) is 0 Å². The molecule has 2 N–H and O–H groups in total. The minimum absolute atomic E-state index is 0.0128. The number of hydrogen-bond acceptors (Lipinski definition) is 4. The summed E-state index contributed by atoms with van der Waals surface area (Å²) in [5, 5.41) is 3.62. The number of aromatic nitrogens is 1. The molecule has 8 heteroatoms. The van der Waals surface area contributed by atoms with Crippen molar-refractivity contribution in [2.24, 2.45) is 5.92 Å². The topological polar surface area (TPSA) is 91.5 Å². The standard InChI is InChI=1S/C25H32ClN3O4/c1-15(2)33-25(32)22-16(3)23(28-17(22)4)24(31)29-11-9-18(10-12-29)13-21(30)27-14-19-5-7-20(26)8-6-19/h5-8,15,18,28H,9-14H2,1-4H3,(H,27,30). The van der Waals surface area contributed by atoms with Gasteiger partial charge in [0.25, 0.3) is 5.91 Å². The number of benzene rings is 1. The molecule has 1 aromatic carbocycles. The second-order valence-corrected chi connectivity index (χ2v) is 9.36. The Kier molecular flexibility index (Phi) is 8.19. The van der Waals surface area contributed by atoms with Crippen molar-refractivity contribution in [2.75, 3.05) is 13.1 Å². The van der Waals surface area contributed by atoms with Crippen LogP contribution in [0.1, 0.15) is 70.8 Å². The molecule has 2 amide bonds. The number of halogens is 1. The molecule has 33 heavy (non-hydrogen) atoms. The van der Waals surface area contributed by atoms with Gasteiger partial charge in [-0.05, 0) is 69.7 Å². The van der Waals surface area contributed by atoms with E-state index in [-0.39, 0.29) is 23.8 Å². The second kappa shape index (κ2) is 10.9. The van der Waals surface area contributed by atoms with Gasteiger partial charge in [0.1, 0.15) is 5.69 Å². The summed E-state index contributed by atoms with van der Waals surface area (Å²) in [5.74, 6) is -0.287. The minimum atomic E-state index is -0.418. The zero-order valence-corrected chi connectivity index (χ0v) is 20.4. The van der Waals surface area contributed by atoms with Gasteiger partial charge in [0, 0.05) is 36.8 Å². The molecule has 1 aromatic heterocycles. The molecule has 0 atom stereocenters. The molecular weight excluding hydrogens is 442 g/mol. The largest absolute Gasteiger partial charge is 0.459 e. The number of aromatic amines is 1. The van der Waals surface area contributed by atoms with Gasteiger partial charge in [0.15, 0.2) is 0 Å². The van der Waals surface area contributed by atoms with Crippen molar-refractivity contribution < 1.29 is 19.1 Å². The summed E-state index contributed by atoms with van der Waals surface area (Å²) in [6.07, 6.45) is 1.75. The molecule has 0 bridgehead atoms. The molecular formula is C25H32ClN3O4. The number of carbonyl (C=O) groups excluding carboxylic acids is 3. The molecule has 178 valence electrons. The lowest BCUT2D eigenvalue weighted by Gasteiger charge is -2.31. The molecule has 0 unspecified atom stereocenters. The maximum absolute atomic E-state index is 13.1. The van der Waals surface area contributed by atoms with Crippen molar-refractivity contribution in [3.05, 3.63) is 57.4 Å². The smallest absolute Gasteiger partial charge is 0.340 e. The molecule has 1 aliphatic heterocycles. The Morgan fingerprint density at radius 2 is 1.79 bits per heavy atom. The number of aryl methyl sites for hydroxylation is 1. The fourth-order valence-electron chi connectivity index (χ4n) is 4.18. The number of hydrogen-bond donors (Lipinski definition) is 2. The highest BCUT2D eigenvalue weighted by Gasteiger charge is 2.29. The molecule has 2 heterocycles. The summed E-state index contributed by atoms with van der Waals surface area (Å²) < 4.78 is 5.31. The monoisotopic (exact) mass is 473 g/mol. The number of amides is 2. The van der Waals surface area contributed by atoms with Gasteiger partial charge in [0.2, 0.25) is 5.91 Å². The lowest BCUT2D eigenvalue weighted by atomic mass is 9.93. The van der Waals surface area contributed by atoms with E-state index in [0.717, 1.165) is 18.4 Å². The maximum Gasteiger partial charge on any atom is 0.340 e. The van der Waals surface area contributed by atoms with Crippen LogP contribution in [-0.2, 0) is 16.1 Å². The van der Waals surface area contributed by atoms with Gasteiger partial charge in [-0.3, -0.25) is 9.59 Å². The molecule has 1 saturated heterocycles. The van der Waals surface area contributed by atoms with E-state index in [0.29, 0.717) is 53.6 Å². The van der Waals surface area contributed by atoms with E-state index in [2.05, 4.69) is 10.3 Å². The van der Waals surface area contributed by atoms with Gasteiger partial charge in [0.05, 0.1) is 11.7 Å². The van der Waals surface area contributed by atoms with Crippen molar-refractivity contribution in [3.63, 3.8) is 0 Å². The Hall–Kier alpha value is -2.80. The first-order valence-electron chi connectivity index (χ1n) is 11.4. The van der Waals surface area contributed by atoms with E-state index < -0.39 is 5.97 Å². The first-order valence-corrected chi connectivity index (χ1v) is 11.7. The lowest BCUT2D eigenvalue weighted by molar-refractivity contribution is -0.122. The Balaban J connectivity index is 1.51. The normalized spacial score (nSPS) is 14.4. The van der Waals surface area contributed by atoms with Crippen molar-refractivity contribution in [1.82, 2.24) is 15.2 Å². The van der Waals surface area contributed by atoms with Crippen LogP contribution >= 0.6 is 11.6 Å². The molecule has 0 saturated carbocycles. The van der Waals surface area contributed by atoms with Crippen molar-refractivity contribution in [3.8, 4) is 0 Å². The lowest BCUT2D eigenvalue weighted by Crippen LogP contribution is -2.40. The highest BCUT2D eigenvalue weighted by atomic mass is 35.5. The summed E-state index contributed by atoms with van der Waals surface area (Å²) in [6.45, 7) is 8.77. The molecule has 0 spiro atoms. The van der Waals surface area contributed by atoms with Gasteiger partial charge in [-0.15, -0.1) is 0 Å². The van der Waals surface area contributed by atoms with Crippen LogP contribution in [0, 0.1) is 19.8 Å². The first kappa shape index (κ1) is 24.8. The van der Waals surface area contributed by atoms with Crippen LogP contribution in [0.3, 0.4) is 0 Å². The maximum atomic E-state index is 13.1. The van der Waals surface area contributed by atoms with Crippen LogP contribution in [-0.4, -0.2) is 46.9 Å². The number of esters is 1. The summed E-state index contributed by atoms with van der Waals surface area (Å²) in [7, 11) is 0. The number of nitrogens with zero attached hydrogens (tertiary/aromatic N) is 1. The first-order chi connectivity index (χ1) is 15.7. The summed E-state index contributed by atoms with van der Waals surface area (Å²) in [5.41, 5.74) is 3.11. The van der Waals surface area contributed by atoms with Gasteiger partial charge < -0.3 is 19.9 Å². The van der Waals surface area contributed by atoms with Gasteiger partial charge in [-0.25, -0.2) is 4.79 Å². The van der Waals surface area contributed by atoms with E-state index in [1.807, 2.05) is 12.1 Å². The molecule has 1 fully saturated rings. The van der Waals surface area contributed by atoms with Crippen LogP contribution in [0.5, 0.6) is 0 Å². The van der Waals surface area contributed by atoms with Gasteiger partial charge in [-0.1, -0.05) is 23.7 Å². The quantitative estimate of drug-likeness (QED) is 0.583. The van der Waals surface area contributed by atoms with Gasteiger partial charge >= 0.3 is 5.97 Å². The molecule has 7 nitrogen and oxygen atoms in total. The zero-order chi connectivity index (χ0) is 24.1. The van der Waals surface area contributed by atoms with E-state index in [1.54, 1.807) is 44.7 Å². The fourth-order valence-corrected chi connectivity index (χ4v) is 4.30. The van der Waals surface area contributed by atoms with E-state index >= 15 is 0 Å². The average Bonchev–Trinajstić information content (AvgIpc) is 3.07. The molecule has 3 rings (SSSR count). The number of nitrogens with one attached hydrogen (secondary N) is 2.